The minimum absolute atomic E-state index is 0.410. The van der Waals surface area contributed by atoms with Crippen LogP contribution in [0.25, 0.3) is 0 Å². The summed E-state index contributed by atoms with van der Waals surface area (Å²) in [6.07, 6.45) is -15.0. The molecule has 0 aliphatic carbocycles. The molecule has 7 N–H and O–H groups in total. The average molecular weight is 446 g/mol. The smallest absolute Gasteiger partial charge is 0.187 e. The van der Waals surface area contributed by atoms with Crippen LogP contribution in [-0.4, -0.2) is 110 Å². The first-order valence-electron chi connectivity index (χ1n) is 10.1. The van der Waals surface area contributed by atoms with Crippen LogP contribution in [0.3, 0.4) is 0 Å². The van der Waals surface area contributed by atoms with Crippen LogP contribution < -0.4 is 0 Å². The summed E-state index contributed by atoms with van der Waals surface area (Å²) < 4.78 is 22.0. The highest BCUT2D eigenvalue weighted by molar-refractivity contribution is 5.16. The van der Waals surface area contributed by atoms with Crippen molar-refractivity contribution in [1.82, 2.24) is 0 Å². The Hall–Kier alpha value is -1.22. The van der Waals surface area contributed by atoms with Gasteiger partial charge in [0.2, 0.25) is 0 Å². The summed E-state index contributed by atoms with van der Waals surface area (Å²) in [4.78, 5) is 0. The van der Waals surface area contributed by atoms with Crippen molar-refractivity contribution in [1.29, 1.82) is 0 Å². The molecule has 31 heavy (non-hydrogen) atoms. The fourth-order valence-electron chi connectivity index (χ4n) is 3.57. The van der Waals surface area contributed by atoms with Crippen LogP contribution in [0.2, 0.25) is 0 Å². The molecule has 2 fully saturated rings. The second kappa shape index (κ2) is 10.6. The Kier molecular flexibility index (Phi) is 8.35. The van der Waals surface area contributed by atoms with E-state index in [4.69, 9.17) is 18.9 Å². The van der Waals surface area contributed by atoms with Gasteiger partial charge in [0.15, 0.2) is 12.6 Å². The van der Waals surface area contributed by atoms with Crippen LogP contribution in [-0.2, 0) is 18.9 Å². The van der Waals surface area contributed by atoms with E-state index < -0.39 is 80.7 Å². The molecule has 0 bridgehead atoms. The largest absolute Gasteiger partial charge is 0.394 e. The first kappa shape index (κ1) is 24.4. The van der Waals surface area contributed by atoms with Gasteiger partial charge in [0.05, 0.1) is 19.3 Å². The highest BCUT2D eigenvalue weighted by Gasteiger charge is 2.47. The Morgan fingerprint density at radius 3 is 1.94 bits per heavy atom. The predicted molar refractivity (Wildman–Crippen MR) is 102 cm³/mol. The molecule has 1 aromatic carbocycles. The second-order valence-corrected chi connectivity index (χ2v) is 7.73. The van der Waals surface area contributed by atoms with Crippen molar-refractivity contribution >= 4 is 0 Å². The Morgan fingerprint density at radius 2 is 1.32 bits per heavy atom. The molecule has 11 unspecified atom stereocenters. The van der Waals surface area contributed by atoms with Crippen molar-refractivity contribution < 1.29 is 54.7 Å². The first-order chi connectivity index (χ1) is 14.7. The number of benzene rings is 1. The van der Waals surface area contributed by atoms with Gasteiger partial charge in [-0.2, -0.15) is 0 Å². The molecule has 2 aliphatic heterocycles. The lowest BCUT2D eigenvalue weighted by Crippen LogP contribution is -2.61. The van der Waals surface area contributed by atoms with Gasteiger partial charge in [-0.1, -0.05) is 30.3 Å². The quantitative estimate of drug-likeness (QED) is 0.233. The molecule has 176 valence electrons. The molecule has 0 amide bonds. The van der Waals surface area contributed by atoms with Crippen LogP contribution in [0.15, 0.2) is 30.3 Å². The molecule has 1 aromatic rings. The van der Waals surface area contributed by atoms with Crippen molar-refractivity contribution in [2.45, 2.75) is 74.4 Å². The van der Waals surface area contributed by atoms with Gasteiger partial charge >= 0.3 is 0 Å². The highest BCUT2D eigenvalue weighted by Crippen LogP contribution is 2.28. The molecular formula is C20H30O11. The van der Waals surface area contributed by atoms with E-state index in [0.29, 0.717) is 0 Å². The lowest BCUT2D eigenvalue weighted by atomic mass is 9.98. The summed E-state index contributed by atoms with van der Waals surface area (Å²) in [5.74, 6) is 0. The summed E-state index contributed by atoms with van der Waals surface area (Å²) in [6.45, 7) is 0.709. The first-order valence-corrected chi connectivity index (χ1v) is 10.1. The number of hydrogen-bond acceptors (Lipinski definition) is 11. The van der Waals surface area contributed by atoms with E-state index in [1.54, 1.807) is 6.92 Å². The van der Waals surface area contributed by atoms with Crippen molar-refractivity contribution in [2.75, 3.05) is 13.2 Å². The SMILES string of the molecule is CC(OC1OC(COC2OC(CO)C(O)C(O)C2O)C(O)C(O)C1O)c1ccccc1. The van der Waals surface area contributed by atoms with Crippen molar-refractivity contribution in [3.05, 3.63) is 35.9 Å². The van der Waals surface area contributed by atoms with Gasteiger partial charge in [0.1, 0.15) is 48.8 Å². The maximum Gasteiger partial charge on any atom is 0.187 e. The average Bonchev–Trinajstić information content (AvgIpc) is 2.78. The minimum Gasteiger partial charge on any atom is -0.394 e. The number of rotatable bonds is 7. The number of aliphatic hydroxyl groups excluding tert-OH is 7. The zero-order valence-electron chi connectivity index (χ0n) is 16.9. The molecule has 0 spiro atoms. The van der Waals surface area contributed by atoms with E-state index in [0.717, 1.165) is 5.56 Å². The Balaban J connectivity index is 1.62. The third-order valence-corrected chi connectivity index (χ3v) is 5.55. The van der Waals surface area contributed by atoms with Crippen LogP contribution in [0.1, 0.15) is 18.6 Å². The van der Waals surface area contributed by atoms with E-state index >= 15 is 0 Å². The molecule has 2 aliphatic rings. The van der Waals surface area contributed by atoms with Crippen LogP contribution in [0.5, 0.6) is 0 Å². The third-order valence-electron chi connectivity index (χ3n) is 5.55. The molecule has 11 heteroatoms. The predicted octanol–water partition coefficient (Wildman–Crippen LogP) is -2.61. The monoisotopic (exact) mass is 446 g/mol. The zero-order valence-corrected chi connectivity index (χ0v) is 16.9. The maximum absolute atomic E-state index is 10.3. The molecule has 2 heterocycles. The molecule has 11 atom stereocenters. The number of ether oxygens (including phenoxy) is 4. The molecule has 0 aromatic heterocycles. The van der Waals surface area contributed by atoms with E-state index in [1.807, 2.05) is 30.3 Å². The zero-order chi connectivity index (χ0) is 22.7. The lowest BCUT2D eigenvalue weighted by Gasteiger charge is -2.43. The van der Waals surface area contributed by atoms with Gasteiger partial charge in [-0.3, -0.25) is 0 Å². The fourth-order valence-corrected chi connectivity index (χ4v) is 3.57. The highest BCUT2D eigenvalue weighted by atomic mass is 16.7. The fraction of sp³-hybridized carbons (Fsp3) is 0.700. The van der Waals surface area contributed by atoms with Gasteiger partial charge in [-0.05, 0) is 12.5 Å². The van der Waals surface area contributed by atoms with Gasteiger partial charge in [0, 0.05) is 0 Å². The summed E-state index contributed by atoms with van der Waals surface area (Å²) in [5, 5.41) is 69.7. The topological polar surface area (TPSA) is 179 Å². The van der Waals surface area contributed by atoms with E-state index in [2.05, 4.69) is 0 Å². The van der Waals surface area contributed by atoms with E-state index in [9.17, 15) is 35.7 Å². The summed E-state index contributed by atoms with van der Waals surface area (Å²) >= 11 is 0. The standard InChI is InChI=1S/C20H30O11/c1-9(10-5-3-2-4-6-10)29-20-18(27)16(25)14(23)12(31-20)8-28-19-17(26)15(24)13(22)11(7-21)30-19/h2-6,9,11-27H,7-8H2,1H3. The normalized spacial score (nSPS) is 42.3. The van der Waals surface area contributed by atoms with Gasteiger partial charge in [-0.15, -0.1) is 0 Å². The Morgan fingerprint density at radius 1 is 0.774 bits per heavy atom. The number of aliphatic hydroxyl groups is 7. The van der Waals surface area contributed by atoms with E-state index in [-0.39, 0.29) is 0 Å². The summed E-state index contributed by atoms with van der Waals surface area (Å²) in [5.41, 5.74) is 0.813. The molecule has 11 nitrogen and oxygen atoms in total. The molecule has 2 saturated heterocycles. The third kappa shape index (κ3) is 5.41. The molecular weight excluding hydrogens is 416 g/mol. The summed E-state index contributed by atoms with van der Waals surface area (Å²) in [7, 11) is 0. The maximum atomic E-state index is 10.3. The Bertz CT molecular complexity index is 674. The Labute approximate surface area is 179 Å². The molecule has 0 saturated carbocycles. The van der Waals surface area contributed by atoms with Crippen LogP contribution >= 0.6 is 0 Å². The van der Waals surface area contributed by atoms with Crippen LogP contribution in [0, 0.1) is 0 Å². The van der Waals surface area contributed by atoms with Crippen LogP contribution in [0.4, 0.5) is 0 Å². The minimum atomic E-state index is -1.63. The van der Waals surface area contributed by atoms with Crippen molar-refractivity contribution in [3.8, 4) is 0 Å². The second-order valence-electron chi connectivity index (χ2n) is 7.73. The number of hydrogen-bond donors (Lipinski definition) is 7. The van der Waals surface area contributed by atoms with Gasteiger partial charge in [-0.25, -0.2) is 0 Å². The van der Waals surface area contributed by atoms with E-state index in [1.165, 1.54) is 0 Å². The van der Waals surface area contributed by atoms with Crippen molar-refractivity contribution in [2.24, 2.45) is 0 Å². The summed E-state index contributed by atoms with van der Waals surface area (Å²) in [6, 6.07) is 9.14. The van der Waals surface area contributed by atoms with Crippen molar-refractivity contribution in [3.63, 3.8) is 0 Å². The van der Waals surface area contributed by atoms with Gasteiger partial charge in [0.25, 0.3) is 0 Å². The molecule has 3 rings (SSSR count). The van der Waals surface area contributed by atoms with Gasteiger partial charge < -0.3 is 54.7 Å². The molecule has 0 radical (unpaired) electrons. The lowest BCUT2D eigenvalue weighted by molar-refractivity contribution is -0.335.